The molecule has 0 rings (SSSR count). The maximum absolute atomic E-state index is 10.1. The number of carbonyl (C=O) groups is 1. The van der Waals surface area contributed by atoms with E-state index in [-0.39, 0.29) is 12.5 Å². The van der Waals surface area contributed by atoms with Crippen molar-refractivity contribution in [3.05, 3.63) is 0 Å². The minimum Gasteiger partial charge on any atom is -0.481 e. The Hall–Kier alpha value is -0.610. The van der Waals surface area contributed by atoms with Gasteiger partial charge in [-0.3, -0.25) is 4.79 Å². The standard InChI is InChI=1S/C7H14O4/c1-6(5-7(8)9)11-4-3-10-2/h6H,3-5H2,1-2H3,(H,8,9)/t6-/m1/s1. The van der Waals surface area contributed by atoms with Crippen LogP contribution in [0.25, 0.3) is 0 Å². The monoisotopic (exact) mass is 162 g/mol. The van der Waals surface area contributed by atoms with Gasteiger partial charge in [-0.1, -0.05) is 0 Å². The minimum atomic E-state index is -0.838. The van der Waals surface area contributed by atoms with Gasteiger partial charge in [0.2, 0.25) is 0 Å². The number of aliphatic carboxylic acids is 1. The number of rotatable bonds is 6. The molecule has 0 fully saturated rings. The molecule has 0 heterocycles. The smallest absolute Gasteiger partial charge is 0.305 e. The molecule has 4 heteroatoms. The lowest BCUT2D eigenvalue weighted by Gasteiger charge is -2.09. The fourth-order valence-corrected chi connectivity index (χ4v) is 0.637. The van der Waals surface area contributed by atoms with Gasteiger partial charge in [0.25, 0.3) is 0 Å². The summed E-state index contributed by atoms with van der Waals surface area (Å²) in [6, 6.07) is 0. The van der Waals surface area contributed by atoms with Crippen LogP contribution in [0.4, 0.5) is 0 Å². The van der Waals surface area contributed by atoms with Gasteiger partial charge in [-0.15, -0.1) is 0 Å². The van der Waals surface area contributed by atoms with E-state index in [1.165, 1.54) is 0 Å². The van der Waals surface area contributed by atoms with E-state index >= 15 is 0 Å². The Morgan fingerprint density at radius 1 is 1.55 bits per heavy atom. The highest BCUT2D eigenvalue weighted by Crippen LogP contribution is 1.96. The van der Waals surface area contributed by atoms with E-state index < -0.39 is 5.97 Å². The molecule has 11 heavy (non-hydrogen) atoms. The van der Waals surface area contributed by atoms with Crippen LogP contribution < -0.4 is 0 Å². The van der Waals surface area contributed by atoms with Crippen LogP contribution in [0.1, 0.15) is 13.3 Å². The van der Waals surface area contributed by atoms with E-state index in [4.69, 9.17) is 14.6 Å². The first-order valence-electron chi connectivity index (χ1n) is 3.49. The molecular weight excluding hydrogens is 148 g/mol. The Labute approximate surface area is 66.1 Å². The summed E-state index contributed by atoms with van der Waals surface area (Å²) in [4.78, 5) is 10.1. The lowest BCUT2D eigenvalue weighted by Crippen LogP contribution is -2.16. The average molecular weight is 162 g/mol. The Morgan fingerprint density at radius 2 is 2.18 bits per heavy atom. The van der Waals surface area contributed by atoms with Crippen molar-refractivity contribution in [1.82, 2.24) is 0 Å². The van der Waals surface area contributed by atoms with Crippen LogP contribution in [-0.2, 0) is 14.3 Å². The normalized spacial score (nSPS) is 12.9. The zero-order valence-electron chi connectivity index (χ0n) is 6.87. The third kappa shape index (κ3) is 7.29. The van der Waals surface area contributed by atoms with Crippen LogP contribution >= 0.6 is 0 Å². The molecule has 4 nitrogen and oxygen atoms in total. The average Bonchev–Trinajstić information content (AvgIpc) is 1.86. The number of carboxylic acids is 1. The molecular formula is C7H14O4. The van der Waals surface area contributed by atoms with Crippen LogP contribution in [-0.4, -0.2) is 37.5 Å². The summed E-state index contributed by atoms with van der Waals surface area (Å²) in [6.07, 6.45) is -0.188. The first kappa shape index (κ1) is 10.4. The van der Waals surface area contributed by atoms with Gasteiger partial charge in [0.1, 0.15) is 0 Å². The fraction of sp³-hybridized carbons (Fsp3) is 0.857. The molecule has 0 bridgehead atoms. The predicted octanol–water partition coefficient (Wildman–Crippen LogP) is 0.513. The van der Waals surface area contributed by atoms with Crippen molar-refractivity contribution in [3.63, 3.8) is 0 Å². The Kier molecular flexibility index (Phi) is 5.78. The molecule has 0 aliphatic carbocycles. The maximum Gasteiger partial charge on any atom is 0.305 e. The lowest BCUT2D eigenvalue weighted by molar-refractivity contribution is -0.140. The van der Waals surface area contributed by atoms with Gasteiger partial charge >= 0.3 is 5.97 Å². The van der Waals surface area contributed by atoms with E-state index in [0.717, 1.165) is 0 Å². The van der Waals surface area contributed by atoms with Crippen LogP contribution in [0.15, 0.2) is 0 Å². The molecule has 66 valence electrons. The highest BCUT2D eigenvalue weighted by Gasteiger charge is 2.06. The molecule has 0 saturated carbocycles. The molecule has 1 atom stereocenters. The van der Waals surface area contributed by atoms with Crippen molar-refractivity contribution in [1.29, 1.82) is 0 Å². The van der Waals surface area contributed by atoms with Gasteiger partial charge in [-0.2, -0.15) is 0 Å². The molecule has 1 N–H and O–H groups in total. The summed E-state index contributed by atoms with van der Waals surface area (Å²) in [5, 5.41) is 8.33. The summed E-state index contributed by atoms with van der Waals surface area (Å²) in [7, 11) is 1.57. The van der Waals surface area contributed by atoms with Crippen LogP contribution in [0, 0.1) is 0 Å². The number of hydrogen-bond donors (Lipinski definition) is 1. The quantitative estimate of drug-likeness (QED) is 0.578. The molecule has 0 aromatic heterocycles. The van der Waals surface area contributed by atoms with E-state index in [9.17, 15) is 4.79 Å². The van der Waals surface area contributed by atoms with Crippen molar-refractivity contribution in [3.8, 4) is 0 Å². The van der Waals surface area contributed by atoms with Crippen molar-refractivity contribution >= 4 is 5.97 Å². The molecule has 0 aliphatic heterocycles. The summed E-state index contributed by atoms with van der Waals surface area (Å²) >= 11 is 0. The summed E-state index contributed by atoms with van der Waals surface area (Å²) in [5.74, 6) is -0.838. The summed E-state index contributed by atoms with van der Waals surface area (Å²) < 4.78 is 9.81. The number of carboxylic acid groups (broad SMARTS) is 1. The second-order valence-corrected chi connectivity index (χ2v) is 2.27. The molecule has 0 aromatic rings. The number of methoxy groups -OCH3 is 1. The lowest BCUT2D eigenvalue weighted by atomic mass is 10.3. The maximum atomic E-state index is 10.1. The fourth-order valence-electron chi connectivity index (χ4n) is 0.637. The SMILES string of the molecule is COCCO[C@H](C)CC(=O)O. The van der Waals surface area contributed by atoms with Gasteiger partial charge in [-0.25, -0.2) is 0 Å². The van der Waals surface area contributed by atoms with Gasteiger partial charge in [0, 0.05) is 7.11 Å². The van der Waals surface area contributed by atoms with Gasteiger partial charge in [-0.05, 0) is 6.92 Å². The summed E-state index contributed by atoms with van der Waals surface area (Å²) in [6.45, 7) is 2.68. The first-order valence-corrected chi connectivity index (χ1v) is 3.49. The zero-order valence-corrected chi connectivity index (χ0v) is 6.87. The zero-order chi connectivity index (χ0) is 8.69. The predicted molar refractivity (Wildman–Crippen MR) is 39.5 cm³/mol. The molecule has 0 unspecified atom stereocenters. The van der Waals surface area contributed by atoms with Crippen molar-refractivity contribution in [2.24, 2.45) is 0 Å². The highest BCUT2D eigenvalue weighted by atomic mass is 16.5. The summed E-state index contributed by atoms with van der Waals surface area (Å²) in [5.41, 5.74) is 0. The van der Waals surface area contributed by atoms with E-state index in [1.54, 1.807) is 14.0 Å². The largest absolute Gasteiger partial charge is 0.481 e. The van der Waals surface area contributed by atoms with Gasteiger partial charge in [0.05, 0.1) is 25.7 Å². The Bertz CT molecular complexity index is 113. The number of ether oxygens (including phenoxy) is 2. The van der Waals surface area contributed by atoms with Crippen molar-refractivity contribution < 1.29 is 19.4 Å². The third-order valence-corrected chi connectivity index (χ3v) is 1.15. The van der Waals surface area contributed by atoms with Crippen LogP contribution in [0.2, 0.25) is 0 Å². The molecule has 0 amide bonds. The van der Waals surface area contributed by atoms with Crippen molar-refractivity contribution in [2.45, 2.75) is 19.4 Å². The van der Waals surface area contributed by atoms with Gasteiger partial charge < -0.3 is 14.6 Å². The molecule has 0 saturated heterocycles. The van der Waals surface area contributed by atoms with E-state index in [1.807, 2.05) is 0 Å². The first-order chi connectivity index (χ1) is 5.16. The minimum absolute atomic E-state index is 0.0454. The van der Waals surface area contributed by atoms with E-state index in [2.05, 4.69) is 0 Å². The Balaban J connectivity index is 3.22. The highest BCUT2D eigenvalue weighted by molar-refractivity contribution is 5.67. The third-order valence-electron chi connectivity index (χ3n) is 1.15. The molecule has 0 aliphatic rings. The topological polar surface area (TPSA) is 55.8 Å². The molecule has 0 radical (unpaired) electrons. The van der Waals surface area contributed by atoms with Crippen molar-refractivity contribution in [2.75, 3.05) is 20.3 Å². The van der Waals surface area contributed by atoms with Gasteiger partial charge in [0.15, 0.2) is 0 Å². The second kappa shape index (κ2) is 6.12. The van der Waals surface area contributed by atoms with Crippen LogP contribution in [0.3, 0.4) is 0 Å². The Morgan fingerprint density at radius 3 is 2.64 bits per heavy atom. The number of hydrogen-bond acceptors (Lipinski definition) is 3. The second-order valence-electron chi connectivity index (χ2n) is 2.27. The molecule has 0 aromatic carbocycles. The van der Waals surface area contributed by atoms with Crippen LogP contribution in [0.5, 0.6) is 0 Å². The molecule has 0 spiro atoms. The van der Waals surface area contributed by atoms with E-state index in [0.29, 0.717) is 13.2 Å².